The van der Waals surface area contributed by atoms with Crippen molar-refractivity contribution in [2.75, 3.05) is 13.2 Å². The van der Waals surface area contributed by atoms with Gasteiger partial charge in [-0.15, -0.1) is 11.3 Å². The van der Waals surface area contributed by atoms with Crippen molar-refractivity contribution >= 4 is 29.1 Å². The summed E-state index contributed by atoms with van der Waals surface area (Å²) in [5, 5.41) is 36.9. The van der Waals surface area contributed by atoms with E-state index < -0.39 is 35.5 Å². The molecular weight excluding hydrogens is 466 g/mol. The summed E-state index contributed by atoms with van der Waals surface area (Å²) < 4.78 is 5.67. The fourth-order valence-corrected chi connectivity index (χ4v) is 4.64. The number of hydrogen-bond acceptors (Lipinski definition) is 8. The number of aliphatic hydroxyl groups excluding tert-OH is 2. The van der Waals surface area contributed by atoms with E-state index in [9.17, 15) is 25.1 Å². The number of nitrogens with one attached hydrogen (secondary N) is 1. The van der Waals surface area contributed by atoms with Crippen molar-refractivity contribution < 1.29 is 24.5 Å². The summed E-state index contributed by atoms with van der Waals surface area (Å²) in [6.45, 7) is 10.6. The van der Waals surface area contributed by atoms with Gasteiger partial charge in [-0.25, -0.2) is 4.98 Å². The van der Waals surface area contributed by atoms with Crippen LogP contribution in [-0.4, -0.2) is 58.4 Å². The first-order valence-corrected chi connectivity index (χ1v) is 12.7. The Bertz CT molecular complexity index is 1010. The molecule has 8 nitrogen and oxygen atoms in total. The molecule has 0 bridgehead atoms. The Morgan fingerprint density at radius 2 is 2.03 bits per heavy atom. The molecule has 1 aromatic rings. The van der Waals surface area contributed by atoms with Gasteiger partial charge in [-0.05, 0) is 31.9 Å². The lowest BCUT2D eigenvalue weighted by atomic mass is 9.73. The molecule has 0 unspecified atom stereocenters. The van der Waals surface area contributed by atoms with Crippen LogP contribution in [0.4, 0.5) is 0 Å². The molecule has 2 rings (SSSR count). The van der Waals surface area contributed by atoms with Gasteiger partial charge in [0, 0.05) is 17.2 Å². The number of carbonyl (C=O) groups is 2. The van der Waals surface area contributed by atoms with Gasteiger partial charge in [0.1, 0.15) is 5.78 Å². The topological polar surface area (TPSA) is 133 Å². The molecule has 0 radical (unpaired) electrons. The molecule has 1 aromatic heterocycles. The minimum Gasteiger partial charge on any atom is -0.392 e. The van der Waals surface area contributed by atoms with Gasteiger partial charge >= 0.3 is 0 Å². The summed E-state index contributed by atoms with van der Waals surface area (Å²) >= 11 is 1.53. The quantitative estimate of drug-likeness (QED) is 0.564. The number of Topliss-reactive ketones (excluding diaryl/α,β-unsaturated/α-hetero) is 1. The number of aliphatic hydroxyl groups is 2. The summed E-state index contributed by atoms with van der Waals surface area (Å²) in [5.41, 5.74) is 0.796. The third-order valence-corrected chi connectivity index (χ3v) is 7.43. The van der Waals surface area contributed by atoms with Crippen LogP contribution in [0, 0.1) is 35.5 Å². The number of nitrogens with zero attached hydrogens (tertiary/aromatic N) is 2. The second-order valence-electron chi connectivity index (χ2n) is 9.95. The first-order chi connectivity index (χ1) is 16.4. The zero-order chi connectivity index (χ0) is 26.3. The second-order valence-corrected chi connectivity index (χ2v) is 11.0. The third kappa shape index (κ3) is 7.80. The lowest BCUT2D eigenvalue weighted by Gasteiger charge is -2.34. The largest absolute Gasteiger partial charge is 0.392 e. The summed E-state index contributed by atoms with van der Waals surface area (Å²) in [7, 11) is 0. The highest BCUT2D eigenvalue weighted by molar-refractivity contribution is 7.09. The van der Waals surface area contributed by atoms with Crippen molar-refractivity contribution in [1.29, 1.82) is 5.26 Å². The number of thiazole rings is 1. The van der Waals surface area contributed by atoms with Crippen LogP contribution in [0.15, 0.2) is 22.6 Å². The zero-order valence-electron chi connectivity index (χ0n) is 21.4. The fraction of sp³-hybridized carbons (Fsp3) is 0.615. The molecule has 35 heavy (non-hydrogen) atoms. The number of rotatable bonds is 2. The number of amides is 1. The smallest absolute Gasteiger partial charge is 0.223 e. The molecule has 0 aliphatic carbocycles. The summed E-state index contributed by atoms with van der Waals surface area (Å²) in [4.78, 5) is 30.5. The molecule has 0 spiro atoms. The molecule has 0 saturated heterocycles. The minimum atomic E-state index is -1.24. The maximum Gasteiger partial charge on any atom is 0.223 e. The first-order valence-electron chi connectivity index (χ1n) is 11.8. The molecule has 0 aromatic carbocycles. The lowest BCUT2D eigenvalue weighted by Crippen LogP contribution is -2.47. The highest BCUT2D eigenvalue weighted by Crippen LogP contribution is 2.31. The summed E-state index contributed by atoms with van der Waals surface area (Å²) in [6, 6.07) is 1.69. The molecule has 0 fully saturated rings. The van der Waals surface area contributed by atoms with Gasteiger partial charge in [0.25, 0.3) is 0 Å². The van der Waals surface area contributed by atoms with Crippen molar-refractivity contribution in [2.24, 2.45) is 17.3 Å². The average Bonchev–Trinajstić information content (AvgIpc) is 3.21. The maximum absolute atomic E-state index is 13.1. The Morgan fingerprint density at radius 1 is 1.34 bits per heavy atom. The highest BCUT2D eigenvalue weighted by Gasteiger charge is 2.42. The fourth-order valence-electron chi connectivity index (χ4n) is 4.07. The van der Waals surface area contributed by atoms with Crippen LogP contribution in [-0.2, 0) is 14.3 Å². The number of nitriles is 1. The molecule has 1 aliphatic heterocycles. The third-order valence-electron chi connectivity index (χ3n) is 6.63. The van der Waals surface area contributed by atoms with E-state index in [1.54, 1.807) is 33.8 Å². The molecule has 1 amide bonds. The molecule has 1 aliphatic rings. The van der Waals surface area contributed by atoms with Crippen LogP contribution < -0.4 is 5.32 Å². The van der Waals surface area contributed by atoms with Crippen LogP contribution in [0.2, 0.25) is 0 Å². The van der Waals surface area contributed by atoms with E-state index in [4.69, 9.17) is 4.74 Å². The van der Waals surface area contributed by atoms with E-state index in [1.165, 1.54) is 11.3 Å². The molecule has 9 heteroatoms. The van der Waals surface area contributed by atoms with E-state index in [1.807, 2.05) is 25.3 Å². The van der Waals surface area contributed by atoms with Gasteiger partial charge in [0.2, 0.25) is 5.91 Å². The molecule has 5 atom stereocenters. The predicted molar refractivity (Wildman–Crippen MR) is 135 cm³/mol. The number of ether oxygens (including phenoxy) is 1. The Morgan fingerprint density at radius 3 is 2.63 bits per heavy atom. The van der Waals surface area contributed by atoms with Gasteiger partial charge in [0.05, 0.1) is 65.6 Å². The van der Waals surface area contributed by atoms with Crippen LogP contribution in [0.25, 0.3) is 6.08 Å². The van der Waals surface area contributed by atoms with Crippen molar-refractivity contribution in [1.82, 2.24) is 10.3 Å². The van der Waals surface area contributed by atoms with Gasteiger partial charge in [-0.3, -0.25) is 9.59 Å². The van der Waals surface area contributed by atoms with Crippen molar-refractivity contribution in [2.45, 2.75) is 72.6 Å². The van der Waals surface area contributed by atoms with Crippen molar-refractivity contribution in [3.8, 4) is 6.07 Å². The summed E-state index contributed by atoms with van der Waals surface area (Å²) in [6.07, 6.45) is 1.47. The summed E-state index contributed by atoms with van der Waals surface area (Å²) in [5.74, 6) is -1.87. The number of ketones is 1. The van der Waals surface area contributed by atoms with Gasteiger partial charge in [-0.1, -0.05) is 33.8 Å². The number of aryl methyl sites for hydroxylation is 1. The number of carbonyl (C=O) groups excluding carboxylic acids is 2. The molecule has 2 heterocycles. The molecular formula is C26H37N3O5S. The minimum absolute atomic E-state index is 0.0643. The predicted octanol–water partition coefficient (Wildman–Crippen LogP) is 3.19. The van der Waals surface area contributed by atoms with Crippen LogP contribution in [0.3, 0.4) is 0 Å². The molecule has 192 valence electrons. The maximum atomic E-state index is 13.1. The Kier molecular flexibility index (Phi) is 10.3. The Balaban J connectivity index is 2.38. The molecule has 3 N–H and O–H groups in total. The van der Waals surface area contributed by atoms with E-state index in [-0.39, 0.29) is 31.3 Å². The van der Waals surface area contributed by atoms with Gasteiger partial charge in [0.15, 0.2) is 0 Å². The lowest BCUT2D eigenvalue weighted by molar-refractivity contribution is -0.143. The van der Waals surface area contributed by atoms with E-state index in [0.717, 1.165) is 16.3 Å². The average molecular weight is 504 g/mol. The van der Waals surface area contributed by atoms with E-state index in [0.29, 0.717) is 12.0 Å². The standard InChI is InChI=1S/C26H37N3O5S/c1-15(9-20-14-35-18(4)28-20)21-8-7-19(11-27)13-34-12-16(2)24(32)17(3)25(33)26(5,6)22(30)10-23(31)29-21/h7,9,14,16-17,21-22,24,30,32H,8,10,12-13H2,1-6H3,(H,29,31)/b15-9+,19-7-/t16-,17+,21-,22-,24-/m0/s1. The number of aromatic nitrogens is 1. The van der Waals surface area contributed by atoms with E-state index in [2.05, 4.69) is 16.4 Å². The van der Waals surface area contributed by atoms with Crippen molar-refractivity contribution in [3.63, 3.8) is 0 Å². The Labute approximate surface area is 211 Å². The molecule has 0 saturated carbocycles. The highest BCUT2D eigenvalue weighted by atomic mass is 32.1. The van der Waals surface area contributed by atoms with E-state index >= 15 is 0 Å². The number of hydrogen-bond donors (Lipinski definition) is 3. The van der Waals surface area contributed by atoms with Crippen LogP contribution in [0.5, 0.6) is 0 Å². The normalized spacial score (nSPS) is 31.2. The second kappa shape index (κ2) is 12.5. The van der Waals surface area contributed by atoms with Crippen molar-refractivity contribution in [3.05, 3.63) is 33.3 Å². The monoisotopic (exact) mass is 503 g/mol. The van der Waals surface area contributed by atoms with Crippen LogP contribution in [0.1, 0.15) is 58.2 Å². The first kappa shape index (κ1) is 28.9. The Hall–Kier alpha value is -2.38. The zero-order valence-corrected chi connectivity index (χ0v) is 22.2. The van der Waals surface area contributed by atoms with Gasteiger partial charge < -0.3 is 20.3 Å². The SMILES string of the molecule is C/C(=C\c1csc(C)n1)[C@@H]1C/C=C(/C#N)COC[C@H](C)[C@H](O)[C@@H](C)C(=O)C(C)(C)[C@@H](O)CC(=O)N1. The van der Waals surface area contributed by atoms with Gasteiger partial charge in [-0.2, -0.15) is 5.26 Å². The van der Waals surface area contributed by atoms with Crippen LogP contribution >= 0.6 is 11.3 Å².